The van der Waals surface area contributed by atoms with E-state index in [1.54, 1.807) is 0 Å². The van der Waals surface area contributed by atoms with Gasteiger partial charge in [0, 0.05) is 13.1 Å². The van der Waals surface area contributed by atoms with Crippen molar-refractivity contribution in [3.05, 3.63) is 0 Å². The lowest BCUT2D eigenvalue weighted by molar-refractivity contribution is -0.154. The first-order valence-electron chi connectivity index (χ1n) is 7.27. The Morgan fingerprint density at radius 2 is 2.00 bits per heavy atom. The molecular weight excluding hydrogens is 244 g/mol. The normalized spacial score (nSPS) is 28.7. The van der Waals surface area contributed by atoms with Crippen LogP contribution >= 0.6 is 0 Å². The topological polar surface area (TPSA) is 78.4 Å². The second kappa shape index (κ2) is 5.49. The number of carboxylic acids is 1. The quantitative estimate of drug-likeness (QED) is 0.675. The first-order valence-corrected chi connectivity index (χ1v) is 7.27. The number of amides is 1. The molecule has 1 saturated heterocycles. The lowest BCUT2D eigenvalue weighted by Gasteiger charge is -2.38. The van der Waals surface area contributed by atoms with Gasteiger partial charge in [0.1, 0.15) is 0 Å². The highest BCUT2D eigenvalue weighted by Gasteiger charge is 2.46. The number of carbonyl (C=O) groups is 2. The Morgan fingerprint density at radius 1 is 1.26 bits per heavy atom. The molecule has 1 aliphatic heterocycles. The van der Waals surface area contributed by atoms with E-state index < -0.39 is 11.4 Å². The Labute approximate surface area is 114 Å². The molecule has 1 heterocycles. The minimum Gasteiger partial charge on any atom is -0.481 e. The van der Waals surface area contributed by atoms with E-state index in [0.717, 1.165) is 32.2 Å². The first kappa shape index (κ1) is 14.3. The van der Waals surface area contributed by atoms with E-state index in [1.165, 1.54) is 0 Å². The average Bonchev–Trinajstić information content (AvgIpc) is 2.77. The summed E-state index contributed by atoms with van der Waals surface area (Å²) < 4.78 is 0. The van der Waals surface area contributed by atoms with Crippen molar-refractivity contribution in [2.24, 2.45) is 10.8 Å². The average molecular weight is 268 g/mol. The van der Waals surface area contributed by atoms with Gasteiger partial charge in [0.15, 0.2) is 0 Å². The third kappa shape index (κ3) is 2.61. The Balaban J connectivity index is 1.94. The summed E-state index contributed by atoms with van der Waals surface area (Å²) in [5, 5.41) is 15.4. The van der Waals surface area contributed by atoms with E-state index in [4.69, 9.17) is 0 Å². The Hall–Kier alpha value is -1.10. The van der Waals surface area contributed by atoms with Gasteiger partial charge in [0.2, 0.25) is 5.91 Å². The van der Waals surface area contributed by atoms with E-state index >= 15 is 0 Å². The van der Waals surface area contributed by atoms with Crippen LogP contribution < -0.4 is 10.6 Å². The van der Waals surface area contributed by atoms with Crippen LogP contribution in [-0.2, 0) is 9.59 Å². The molecule has 19 heavy (non-hydrogen) atoms. The molecule has 0 aromatic carbocycles. The van der Waals surface area contributed by atoms with E-state index in [-0.39, 0.29) is 17.9 Å². The summed E-state index contributed by atoms with van der Waals surface area (Å²) in [5.41, 5.74) is -1.02. The molecule has 1 amide bonds. The van der Waals surface area contributed by atoms with Gasteiger partial charge in [0.05, 0.1) is 10.8 Å². The van der Waals surface area contributed by atoms with Crippen molar-refractivity contribution in [3.8, 4) is 0 Å². The fourth-order valence-electron chi connectivity index (χ4n) is 3.25. The Morgan fingerprint density at radius 3 is 2.42 bits per heavy atom. The number of hydrogen-bond donors (Lipinski definition) is 3. The summed E-state index contributed by atoms with van der Waals surface area (Å²) in [7, 11) is 0. The predicted molar refractivity (Wildman–Crippen MR) is 71.8 cm³/mol. The first-order chi connectivity index (χ1) is 9.05. The summed E-state index contributed by atoms with van der Waals surface area (Å²) in [6.45, 7) is 3.95. The number of rotatable bonds is 6. The zero-order chi connectivity index (χ0) is 13.9. The fourth-order valence-corrected chi connectivity index (χ4v) is 3.25. The molecule has 5 nitrogen and oxygen atoms in total. The van der Waals surface area contributed by atoms with Gasteiger partial charge >= 0.3 is 5.97 Å². The van der Waals surface area contributed by atoms with E-state index in [1.807, 2.05) is 0 Å². The smallest absolute Gasteiger partial charge is 0.311 e. The molecule has 1 saturated carbocycles. The summed E-state index contributed by atoms with van der Waals surface area (Å²) >= 11 is 0. The second-order valence-electron chi connectivity index (χ2n) is 6.08. The molecule has 2 fully saturated rings. The van der Waals surface area contributed by atoms with Crippen molar-refractivity contribution >= 4 is 11.9 Å². The lowest BCUT2D eigenvalue weighted by Crippen LogP contribution is -2.51. The largest absolute Gasteiger partial charge is 0.481 e. The zero-order valence-corrected chi connectivity index (χ0v) is 11.6. The SMILES string of the molecule is CCCC1(C(=O)NCC2(C(=O)O)CCC2)CCNC1. The number of aliphatic carboxylic acids is 1. The number of carboxylic acid groups (broad SMARTS) is 1. The molecule has 1 atom stereocenters. The van der Waals surface area contributed by atoms with E-state index in [2.05, 4.69) is 17.6 Å². The summed E-state index contributed by atoms with van der Waals surface area (Å²) in [6.07, 6.45) is 5.00. The van der Waals surface area contributed by atoms with Gasteiger partial charge in [-0.05, 0) is 32.2 Å². The number of hydrogen-bond acceptors (Lipinski definition) is 3. The molecule has 1 unspecified atom stereocenters. The molecule has 0 spiro atoms. The number of carbonyl (C=O) groups excluding carboxylic acids is 1. The maximum absolute atomic E-state index is 12.4. The van der Waals surface area contributed by atoms with Crippen LogP contribution in [0.4, 0.5) is 0 Å². The maximum Gasteiger partial charge on any atom is 0.311 e. The van der Waals surface area contributed by atoms with Crippen LogP contribution in [0.3, 0.4) is 0 Å². The van der Waals surface area contributed by atoms with Crippen molar-refractivity contribution in [2.75, 3.05) is 19.6 Å². The molecule has 2 aliphatic rings. The Bertz CT molecular complexity index is 358. The van der Waals surface area contributed by atoms with Crippen molar-refractivity contribution in [2.45, 2.75) is 45.4 Å². The lowest BCUT2D eigenvalue weighted by atomic mass is 9.68. The fraction of sp³-hybridized carbons (Fsp3) is 0.857. The van der Waals surface area contributed by atoms with Gasteiger partial charge in [-0.1, -0.05) is 19.8 Å². The molecule has 2 rings (SSSR count). The summed E-state index contributed by atoms with van der Waals surface area (Å²) in [5.74, 6) is -0.736. The van der Waals surface area contributed by atoms with Gasteiger partial charge in [-0.25, -0.2) is 0 Å². The minimum absolute atomic E-state index is 0.0341. The second-order valence-corrected chi connectivity index (χ2v) is 6.08. The summed E-state index contributed by atoms with van der Waals surface area (Å²) in [4.78, 5) is 23.7. The highest BCUT2D eigenvalue weighted by molar-refractivity contribution is 5.84. The Kier molecular flexibility index (Phi) is 4.13. The van der Waals surface area contributed by atoms with Gasteiger partial charge in [0.25, 0.3) is 0 Å². The van der Waals surface area contributed by atoms with E-state index in [0.29, 0.717) is 19.4 Å². The zero-order valence-electron chi connectivity index (χ0n) is 11.6. The predicted octanol–water partition coefficient (Wildman–Crippen LogP) is 1.14. The molecule has 3 N–H and O–H groups in total. The standard InChI is InChI=1S/C14H24N2O3/c1-2-4-13(7-8-15-9-13)11(17)16-10-14(12(18)19)5-3-6-14/h15H,2-10H2,1H3,(H,16,17)(H,18,19). The molecule has 1 aliphatic carbocycles. The highest BCUT2D eigenvalue weighted by atomic mass is 16.4. The molecule has 108 valence electrons. The van der Waals surface area contributed by atoms with Gasteiger partial charge in [-0.15, -0.1) is 0 Å². The highest BCUT2D eigenvalue weighted by Crippen LogP contribution is 2.41. The molecule has 0 aromatic heterocycles. The summed E-state index contributed by atoms with van der Waals surface area (Å²) in [6, 6.07) is 0. The van der Waals surface area contributed by atoms with Gasteiger partial charge in [-0.3, -0.25) is 9.59 Å². The van der Waals surface area contributed by atoms with Crippen LogP contribution in [0.2, 0.25) is 0 Å². The molecule has 5 heteroatoms. The van der Waals surface area contributed by atoms with Crippen LogP contribution in [0.15, 0.2) is 0 Å². The van der Waals surface area contributed by atoms with Crippen molar-refractivity contribution < 1.29 is 14.7 Å². The minimum atomic E-state index is -0.770. The third-order valence-corrected chi connectivity index (χ3v) is 4.81. The maximum atomic E-state index is 12.4. The van der Waals surface area contributed by atoms with Crippen LogP contribution in [0.5, 0.6) is 0 Å². The van der Waals surface area contributed by atoms with Crippen LogP contribution in [0.1, 0.15) is 45.4 Å². The monoisotopic (exact) mass is 268 g/mol. The molecule has 0 bridgehead atoms. The van der Waals surface area contributed by atoms with Crippen LogP contribution in [-0.4, -0.2) is 36.6 Å². The van der Waals surface area contributed by atoms with Gasteiger partial charge < -0.3 is 15.7 Å². The molecule has 0 radical (unpaired) electrons. The van der Waals surface area contributed by atoms with Crippen molar-refractivity contribution in [1.29, 1.82) is 0 Å². The van der Waals surface area contributed by atoms with Crippen LogP contribution in [0.25, 0.3) is 0 Å². The molecular formula is C14H24N2O3. The van der Waals surface area contributed by atoms with Crippen molar-refractivity contribution in [1.82, 2.24) is 10.6 Å². The van der Waals surface area contributed by atoms with Crippen molar-refractivity contribution in [3.63, 3.8) is 0 Å². The molecule has 0 aromatic rings. The van der Waals surface area contributed by atoms with Gasteiger partial charge in [-0.2, -0.15) is 0 Å². The third-order valence-electron chi connectivity index (χ3n) is 4.81. The van der Waals surface area contributed by atoms with Crippen LogP contribution in [0, 0.1) is 10.8 Å². The number of nitrogens with one attached hydrogen (secondary N) is 2. The van der Waals surface area contributed by atoms with E-state index in [9.17, 15) is 14.7 Å².